The molecule has 0 bridgehead atoms. The lowest BCUT2D eigenvalue weighted by molar-refractivity contribution is 0.540. The predicted octanol–water partition coefficient (Wildman–Crippen LogP) is 4.44. The summed E-state index contributed by atoms with van der Waals surface area (Å²) in [6, 6.07) is 21.4. The summed E-state index contributed by atoms with van der Waals surface area (Å²) in [5.41, 5.74) is 2.22. The minimum Gasteiger partial charge on any atom is -0.260 e. The lowest BCUT2D eigenvalue weighted by atomic mass is 10.1. The Morgan fingerprint density at radius 2 is 1.74 bits per heavy atom. The lowest BCUT2D eigenvalue weighted by Gasteiger charge is -2.20. The van der Waals surface area contributed by atoms with Crippen LogP contribution in [0.25, 0.3) is 10.8 Å². The van der Waals surface area contributed by atoms with Gasteiger partial charge in [-0.3, -0.25) is 4.99 Å². The van der Waals surface area contributed by atoms with Gasteiger partial charge in [0.25, 0.3) is 10.0 Å². The van der Waals surface area contributed by atoms with Gasteiger partial charge in [-0.25, -0.2) is 12.7 Å². The summed E-state index contributed by atoms with van der Waals surface area (Å²) in [6.45, 7) is 2.84. The highest BCUT2D eigenvalue weighted by atomic mass is 32.2. The average molecular weight is 397 g/mol. The van der Waals surface area contributed by atoms with Crippen molar-refractivity contribution in [3.05, 3.63) is 77.9 Å². The third kappa shape index (κ3) is 3.59. The molecule has 0 fully saturated rings. The molecule has 0 unspecified atom stereocenters. The maximum absolute atomic E-state index is 13.0. The summed E-state index contributed by atoms with van der Waals surface area (Å²) >= 11 is 1.48. The van der Waals surface area contributed by atoms with Crippen LogP contribution in [0.2, 0.25) is 0 Å². The van der Waals surface area contributed by atoms with Gasteiger partial charge >= 0.3 is 0 Å². The second-order valence-corrected chi connectivity index (χ2v) is 9.29. The van der Waals surface area contributed by atoms with E-state index in [1.165, 1.54) is 32.4 Å². The smallest absolute Gasteiger partial charge is 0.260 e. The number of fused-ring (bicyclic) bond motifs is 1. The fourth-order valence-corrected chi connectivity index (χ4v) is 5.88. The first-order chi connectivity index (χ1) is 13.1. The first kappa shape index (κ1) is 18.1. The molecule has 0 aromatic heterocycles. The van der Waals surface area contributed by atoms with E-state index in [1.807, 2.05) is 37.3 Å². The minimum atomic E-state index is -3.57. The quantitative estimate of drug-likeness (QED) is 0.655. The molecule has 0 N–H and O–H groups in total. The van der Waals surface area contributed by atoms with Gasteiger partial charge in [0.05, 0.1) is 18.0 Å². The molecule has 1 heterocycles. The number of thioether (sulfide) groups is 1. The van der Waals surface area contributed by atoms with Crippen LogP contribution in [-0.4, -0.2) is 31.0 Å². The monoisotopic (exact) mass is 396 g/mol. The van der Waals surface area contributed by atoms with Crippen molar-refractivity contribution < 1.29 is 8.42 Å². The lowest BCUT2D eigenvalue weighted by Crippen LogP contribution is -2.32. The average Bonchev–Trinajstić information content (AvgIpc) is 3.16. The second-order valence-electron chi connectivity index (χ2n) is 6.48. The molecule has 3 aromatic rings. The van der Waals surface area contributed by atoms with Crippen molar-refractivity contribution in [3.8, 4) is 0 Å². The maximum Gasteiger partial charge on any atom is 0.265 e. The van der Waals surface area contributed by atoms with Crippen molar-refractivity contribution in [2.45, 2.75) is 17.6 Å². The van der Waals surface area contributed by atoms with Crippen molar-refractivity contribution in [1.82, 2.24) is 4.31 Å². The highest BCUT2D eigenvalue weighted by Crippen LogP contribution is 2.28. The van der Waals surface area contributed by atoms with E-state index in [1.54, 1.807) is 12.1 Å². The molecule has 1 aliphatic rings. The number of hydrogen-bond acceptors (Lipinski definition) is 4. The predicted molar refractivity (Wildman–Crippen MR) is 113 cm³/mol. The molecule has 27 heavy (non-hydrogen) atoms. The molecule has 0 spiro atoms. The molecular weight excluding hydrogens is 376 g/mol. The summed E-state index contributed by atoms with van der Waals surface area (Å²) < 4.78 is 27.5. The highest BCUT2D eigenvalue weighted by Gasteiger charge is 2.30. The number of sulfonamides is 1. The molecule has 4 rings (SSSR count). The second kappa shape index (κ2) is 7.37. The van der Waals surface area contributed by atoms with E-state index in [4.69, 9.17) is 0 Å². The minimum absolute atomic E-state index is 0.313. The van der Waals surface area contributed by atoms with Crippen LogP contribution in [0.4, 0.5) is 0 Å². The molecule has 138 valence electrons. The Morgan fingerprint density at radius 1 is 1.00 bits per heavy atom. The van der Waals surface area contributed by atoms with Crippen molar-refractivity contribution in [3.63, 3.8) is 0 Å². The van der Waals surface area contributed by atoms with Gasteiger partial charge in [0.15, 0.2) is 5.17 Å². The first-order valence-corrected chi connectivity index (χ1v) is 11.2. The van der Waals surface area contributed by atoms with E-state index in [0.717, 1.165) is 5.56 Å². The van der Waals surface area contributed by atoms with Gasteiger partial charge in [-0.1, -0.05) is 71.9 Å². The van der Waals surface area contributed by atoms with Gasteiger partial charge in [-0.15, -0.1) is 0 Å². The number of nitrogens with zero attached hydrogens (tertiary/aromatic N) is 2. The summed E-state index contributed by atoms with van der Waals surface area (Å²) in [7, 11) is -3.57. The molecular formula is C21H20N2O2S2. The van der Waals surface area contributed by atoms with Gasteiger partial charge in [-0.05, 0) is 35.4 Å². The molecule has 3 aromatic carbocycles. The molecule has 0 atom stereocenters. The van der Waals surface area contributed by atoms with Gasteiger partial charge in [-0.2, -0.15) is 0 Å². The van der Waals surface area contributed by atoms with E-state index in [9.17, 15) is 8.42 Å². The van der Waals surface area contributed by atoms with Gasteiger partial charge in [0, 0.05) is 5.75 Å². The van der Waals surface area contributed by atoms with Crippen LogP contribution in [0.1, 0.15) is 11.1 Å². The van der Waals surface area contributed by atoms with Crippen LogP contribution >= 0.6 is 11.8 Å². The zero-order chi connectivity index (χ0) is 18.9. The van der Waals surface area contributed by atoms with Crippen molar-refractivity contribution in [2.75, 3.05) is 13.1 Å². The van der Waals surface area contributed by atoms with E-state index in [0.29, 0.717) is 28.9 Å². The van der Waals surface area contributed by atoms with E-state index in [-0.39, 0.29) is 0 Å². The largest absolute Gasteiger partial charge is 0.265 e. The third-order valence-corrected chi connectivity index (χ3v) is 7.59. The number of rotatable bonds is 4. The summed E-state index contributed by atoms with van der Waals surface area (Å²) in [5, 5.41) is 2.95. The fourth-order valence-electron chi connectivity index (χ4n) is 3.15. The van der Waals surface area contributed by atoms with Crippen molar-refractivity contribution >= 4 is 37.7 Å². The van der Waals surface area contributed by atoms with E-state index in [2.05, 4.69) is 29.3 Å². The molecule has 4 nitrogen and oxygen atoms in total. The Kier molecular flexibility index (Phi) is 4.93. The summed E-state index contributed by atoms with van der Waals surface area (Å²) in [6.07, 6.45) is 0. The standard InChI is InChI=1S/C21H20N2O2S2/c1-16-9-11-19(12-10-16)27(24,25)23-14-13-22-21(23)26-15-18-7-4-6-17-5-2-3-8-20(17)18/h2-12H,13-15H2,1H3. The Hall–Kier alpha value is -2.31. The van der Waals surface area contributed by atoms with Gasteiger partial charge in [0.1, 0.15) is 0 Å². The Labute approximate surface area is 164 Å². The zero-order valence-electron chi connectivity index (χ0n) is 15.0. The first-order valence-electron chi connectivity index (χ1n) is 8.79. The van der Waals surface area contributed by atoms with Crippen LogP contribution in [0.5, 0.6) is 0 Å². The van der Waals surface area contributed by atoms with Crippen molar-refractivity contribution in [1.29, 1.82) is 0 Å². The van der Waals surface area contributed by atoms with Gasteiger partial charge < -0.3 is 0 Å². The normalized spacial score (nSPS) is 14.6. The number of hydrogen-bond donors (Lipinski definition) is 0. The maximum atomic E-state index is 13.0. The molecule has 0 radical (unpaired) electrons. The van der Waals surface area contributed by atoms with Crippen LogP contribution < -0.4 is 0 Å². The Balaban J connectivity index is 1.56. The van der Waals surface area contributed by atoms with Crippen LogP contribution in [0.15, 0.2) is 76.6 Å². The third-order valence-electron chi connectivity index (χ3n) is 4.61. The number of benzene rings is 3. The van der Waals surface area contributed by atoms with Crippen LogP contribution in [0.3, 0.4) is 0 Å². The highest BCUT2D eigenvalue weighted by molar-refractivity contribution is 8.14. The Bertz CT molecular complexity index is 1100. The van der Waals surface area contributed by atoms with Crippen molar-refractivity contribution in [2.24, 2.45) is 4.99 Å². The summed E-state index contributed by atoms with van der Waals surface area (Å²) in [4.78, 5) is 4.76. The summed E-state index contributed by atoms with van der Waals surface area (Å²) in [5.74, 6) is 0.681. The topological polar surface area (TPSA) is 49.7 Å². The Morgan fingerprint density at radius 3 is 2.56 bits per heavy atom. The van der Waals surface area contributed by atoms with Crippen LogP contribution in [0, 0.1) is 6.92 Å². The molecule has 1 aliphatic heterocycles. The fraction of sp³-hybridized carbons (Fsp3) is 0.190. The molecule has 6 heteroatoms. The number of aryl methyl sites for hydroxylation is 1. The molecule has 0 saturated heterocycles. The SMILES string of the molecule is Cc1ccc(S(=O)(=O)N2CCN=C2SCc2cccc3ccccc23)cc1. The van der Waals surface area contributed by atoms with E-state index >= 15 is 0 Å². The molecule has 0 aliphatic carbocycles. The van der Waals surface area contributed by atoms with Crippen LogP contribution in [-0.2, 0) is 15.8 Å². The van der Waals surface area contributed by atoms with Gasteiger partial charge in [0.2, 0.25) is 0 Å². The zero-order valence-corrected chi connectivity index (χ0v) is 16.6. The molecule has 0 saturated carbocycles. The van der Waals surface area contributed by atoms with E-state index < -0.39 is 10.0 Å². The molecule has 0 amide bonds. The number of aliphatic imine (C=N–C) groups is 1. The number of amidine groups is 1.